The van der Waals surface area contributed by atoms with E-state index in [1.807, 2.05) is 0 Å². The molecule has 2 fully saturated rings. The van der Waals surface area contributed by atoms with Crippen LogP contribution in [0.4, 0.5) is 0 Å². The van der Waals surface area contributed by atoms with Crippen LogP contribution in [-0.4, -0.2) is 47.3 Å². The van der Waals surface area contributed by atoms with Crippen LogP contribution in [0, 0.1) is 0 Å². The molecule has 3 nitrogen and oxygen atoms in total. The number of nitrogens with one attached hydrogen (secondary N) is 1. The summed E-state index contributed by atoms with van der Waals surface area (Å²) in [7, 11) is 0. The molecule has 2 heterocycles. The van der Waals surface area contributed by atoms with Gasteiger partial charge in [-0.3, -0.25) is 0 Å². The van der Waals surface area contributed by atoms with Gasteiger partial charge in [0.05, 0.1) is 5.60 Å². The van der Waals surface area contributed by atoms with Crippen molar-refractivity contribution in [2.45, 2.75) is 63.6 Å². The van der Waals surface area contributed by atoms with E-state index >= 15 is 0 Å². The second-order valence-corrected chi connectivity index (χ2v) is 5.55. The second-order valence-electron chi connectivity index (χ2n) is 5.55. The summed E-state index contributed by atoms with van der Waals surface area (Å²) in [5.74, 6) is 0. The van der Waals surface area contributed by atoms with Crippen LogP contribution in [-0.2, 0) is 0 Å². The van der Waals surface area contributed by atoms with E-state index in [1.54, 1.807) is 0 Å². The summed E-state index contributed by atoms with van der Waals surface area (Å²) in [4.78, 5) is 2.40. The van der Waals surface area contributed by atoms with Crippen molar-refractivity contribution in [1.82, 2.24) is 10.2 Å². The smallest absolute Gasteiger partial charge is 0.0689 e. The maximum absolute atomic E-state index is 10.6. The molecule has 2 aliphatic rings. The zero-order chi connectivity index (χ0) is 11.6. The Kier molecular flexibility index (Phi) is 3.88. The highest BCUT2D eigenvalue weighted by Crippen LogP contribution is 2.35. The van der Waals surface area contributed by atoms with Crippen molar-refractivity contribution in [2.24, 2.45) is 0 Å². The molecule has 0 spiro atoms. The fourth-order valence-corrected chi connectivity index (χ4v) is 3.34. The van der Waals surface area contributed by atoms with Gasteiger partial charge in [-0.05, 0) is 45.2 Å². The predicted octanol–water partition coefficient (Wildman–Crippen LogP) is 1.36. The number of piperidine rings is 1. The number of rotatable bonds is 5. The van der Waals surface area contributed by atoms with Gasteiger partial charge in [-0.15, -0.1) is 0 Å². The average molecular weight is 226 g/mol. The number of hydrogen-bond donors (Lipinski definition) is 2. The van der Waals surface area contributed by atoms with Gasteiger partial charge in [0.25, 0.3) is 0 Å². The van der Waals surface area contributed by atoms with E-state index in [1.165, 1.54) is 12.8 Å². The van der Waals surface area contributed by atoms with Crippen molar-refractivity contribution >= 4 is 0 Å². The Morgan fingerprint density at radius 1 is 1.19 bits per heavy atom. The average Bonchev–Trinajstić information content (AvgIpc) is 2.60. The van der Waals surface area contributed by atoms with Crippen molar-refractivity contribution in [3.05, 3.63) is 0 Å². The van der Waals surface area contributed by atoms with Crippen LogP contribution >= 0.6 is 0 Å². The zero-order valence-electron chi connectivity index (χ0n) is 10.7. The third-order valence-electron chi connectivity index (χ3n) is 4.38. The molecular formula is C13H26N2O. The fraction of sp³-hybridized carbons (Fsp3) is 1.00. The summed E-state index contributed by atoms with van der Waals surface area (Å²) < 4.78 is 0. The quantitative estimate of drug-likeness (QED) is 0.743. The molecule has 2 atom stereocenters. The standard InChI is InChI=1S/C13H26N2O/c1-3-15(4-2)8-7-13(16)9-11-5-6-12(10-13)14-11/h11-12,14,16H,3-10H2,1-2H3. The van der Waals surface area contributed by atoms with Gasteiger partial charge in [0.2, 0.25) is 0 Å². The molecule has 0 amide bonds. The van der Waals surface area contributed by atoms with Gasteiger partial charge in [0.15, 0.2) is 0 Å². The highest BCUT2D eigenvalue weighted by Gasteiger charge is 2.41. The summed E-state index contributed by atoms with van der Waals surface area (Å²) in [5.41, 5.74) is -0.389. The molecule has 2 rings (SSSR count). The SMILES string of the molecule is CCN(CC)CCC1(O)CC2CCC(C1)N2. The van der Waals surface area contributed by atoms with Crippen LogP contribution in [0.25, 0.3) is 0 Å². The minimum Gasteiger partial charge on any atom is -0.390 e. The molecule has 94 valence electrons. The second kappa shape index (κ2) is 5.03. The lowest BCUT2D eigenvalue weighted by atomic mass is 9.84. The molecule has 2 N–H and O–H groups in total. The summed E-state index contributed by atoms with van der Waals surface area (Å²) in [5, 5.41) is 14.2. The lowest BCUT2D eigenvalue weighted by Crippen LogP contribution is -2.49. The Hall–Kier alpha value is -0.120. The van der Waals surface area contributed by atoms with Gasteiger partial charge in [-0.1, -0.05) is 13.8 Å². The molecule has 0 aromatic carbocycles. The number of aliphatic hydroxyl groups is 1. The van der Waals surface area contributed by atoms with Crippen LogP contribution in [0.2, 0.25) is 0 Å². The van der Waals surface area contributed by atoms with Gasteiger partial charge in [0.1, 0.15) is 0 Å². The van der Waals surface area contributed by atoms with Gasteiger partial charge in [0, 0.05) is 18.6 Å². The van der Waals surface area contributed by atoms with Crippen molar-refractivity contribution < 1.29 is 5.11 Å². The Balaban J connectivity index is 1.83. The first kappa shape index (κ1) is 12.3. The van der Waals surface area contributed by atoms with Crippen LogP contribution < -0.4 is 5.32 Å². The van der Waals surface area contributed by atoms with E-state index < -0.39 is 0 Å². The molecule has 0 aliphatic carbocycles. The van der Waals surface area contributed by atoms with E-state index in [4.69, 9.17) is 0 Å². The molecule has 2 bridgehead atoms. The van der Waals surface area contributed by atoms with Gasteiger partial charge in [-0.2, -0.15) is 0 Å². The molecule has 0 saturated carbocycles. The fourth-order valence-electron chi connectivity index (χ4n) is 3.34. The first-order valence-corrected chi connectivity index (χ1v) is 6.86. The van der Waals surface area contributed by atoms with Crippen molar-refractivity contribution in [1.29, 1.82) is 0 Å². The van der Waals surface area contributed by atoms with E-state index in [2.05, 4.69) is 24.1 Å². The molecule has 3 heteroatoms. The highest BCUT2D eigenvalue weighted by molar-refractivity contribution is 5.00. The molecule has 2 aliphatic heterocycles. The molecule has 0 radical (unpaired) electrons. The van der Waals surface area contributed by atoms with E-state index in [0.29, 0.717) is 12.1 Å². The van der Waals surface area contributed by atoms with Gasteiger partial charge >= 0.3 is 0 Å². The minimum absolute atomic E-state index is 0.389. The van der Waals surface area contributed by atoms with E-state index in [-0.39, 0.29) is 5.60 Å². The van der Waals surface area contributed by atoms with Crippen LogP contribution in [0.5, 0.6) is 0 Å². The Morgan fingerprint density at radius 3 is 2.25 bits per heavy atom. The Labute approximate surface area is 99.2 Å². The molecule has 0 aromatic heterocycles. The van der Waals surface area contributed by atoms with Crippen molar-refractivity contribution in [2.75, 3.05) is 19.6 Å². The summed E-state index contributed by atoms with van der Waals surface area (Å²) in [6.07, 6.45) is 5.40. The Bertz CT molecular complexity index is 216. The van der Waals surface area contributed by atoms with Crippen LogP contribution in [0.15, 0.2) is 0 Å². The van der Waals surface area contributed by atoms with Gasteiger partial charge in [-0.25, -0.2) is 0 Å². The number of fused-ring (bicyclic) bond motifs is 2. The van der Waals surface area contributed by atoms with Crippen LogP contribution in [0.1, 0.15) is 46.0 Å². The normalized spacial score (nSPS) is 38.2. The van der Waals surface area contributed by atoms with Crippen LogP contribution in [0.3, 0.4) is 0 Å². The van der Waals surface area contributed by atoms with Gasteiger partial charge < -0.3 is 15.3 Å². The topological polar surface area (TPSA) is 35.5 Å². The summed E-state index contributed by atoms with van der Waals surface area (Å²) in [6.45, 7) is 7.62. The maximum Gasteiger partial charge on any atom is 0.0689 e. The Morgan fingerprint density at radius 2 is 1.75 bits per heavy atom. The third-order valence-corrected chi connectivity index (χ3v) is 4.38. The predicted molar refractivity (Wildman–Crippen MR) is 66.5 cm³/mol. The highest BCUT2D eigenvalue weighted by atomic mass is 16.3. The van der Waals surface area contributed by atoms with E-state index in [9.17, 15) is 5.11 Å². The monoisotopic (exact) mass is 226 g/mol. The summed E-state index contributed by atoms with van der Waals surface area (Å²) in [6, 6.07) is 1.17. The molecule has 16 heavy (non-hydrogen) atoms. The molecular weight excluding hydrogens is 200 g/mol. The molecule has 0 aromatic rings. The first-order chi connectivity index (χ1) is 7.65. The minimum atomic E-state index is -0.389. The van der Waals surface area contributed by atoms with Crippen molar-refractivity contribution in [3.8, 4) is 0 Å². The summed E-state index contributed by atoms with van der Waals surface area (Å²) >= 11 is 0. The lowest BCUT2D eigenvalue weighted by Gasteiger charge is -2.38. The largest absolute Gasteiger partial charge is 0.390 e. The van der Waals surface area contributed by atoms with Crippen molar-refractivity contribution in [3.63, 3.8) is 0 Å². The zero-order valence-corrected chi connectivity index (χ0v) is 10.7. The molecule has 2 saturated heterocycles. The first-order valence-electron chi connectivity index (χ1n) is 6.86. The number of hydrogen-bond acceptors (Lipinski definition) is 3. The van der Waals surface area contributed by atoms with E-state index in [0.717, 1.165) is 38.9 Å². The number of nitrogens with zero attached hydrogens (tertiary/aromatic N) is 1. The molecule has 2 unspecified atom stereocenters. The maximum atomic E-state index is 10.6. The lowest BCUT2D eigenvalue weighted by molar-refractivity contribution is -0.0204. The third kappa shape index (κ3) is 2.76.